The van der Waals surface area contributed by atoms with Crippen molar-refractivity contribution in [3.05, 3.63) is 71.3 Å². The molecule has 1 heterocycles. The topological polar surface area (TPSA) is 99.3 Å². The molecule has 3 amide bonds. The SMILES string of the molecule is O=C(CNC(=O)c1cccc(C(F)(F)F)c1)N[C@@]1(C2CCC(NC(=O)c3ccccc3)CC2)CCNC1. The van der Waals surface area contributed by atoms with Crippen molar-refractivity contribution in [1.29, 1.82) is 0 Å². The Morgan fingerprint density at radius 1 is 0.919 bits per heavy atom. The lowest BCUT2D eigenvalue weighted by molar-refractivity contribution is -0.137. The molecule has 1 saturated heterocycles. The normalized spacial score (nSPS) is 23.8. The second kappa shape index (κ2) is 11.3. The zero-order chi connectivity index (χ0) is 26.5. The second-order valence-corrected chi connectivity index (χ2v) is 9.78. The molecule has 2 aliphatic rings. The van der Waals surface area contributed by atoms with Gasteiger partial charge in [-0.05, 0) is 74.9 Å². The van der Waals surface area contributed by atoms with E-state index in [1.54, 1.807) is 12.1 Å². The molecule has 10 heteroatoms. The quantitative estimate of drug-likeness (QED) is 0.454. The number of carbonyl (C=O) groups is 3. The van der Waals surface area contributed by atoms with Gasteiger partial charge in [0.05, 0.1) is 17.6 Å². The fourth-order valence-corrected chi connectivity index (χ4v) is 5.34. The van der Waals surface area contributed by atoms with Crippen LogP contribution in [0.3, 0.4) is 0 Å². The number of rotatable bonds is 7. The fourth-order valence-electron chi connectivity index (χ4n) is 5.34. The summed E-state index contributed by atoms with van der Waals surface area (Å²) in [5.74, 6) is -1.01. The van der Waals surface area contributed by atoms with Crippen molar-refractivity contribution in [3.63, 3.8) is 0 Å². The molecule has 0 bridgehead atoms. The van der Waals surface area contributed by atoms with E-state index in [1.165, 1.54) is 6.07 Å². The van der Waals surface area contributed by atoms with Crippen molar-refractivity contribution >= 4 is 17.7 Å². The van der Waals surface area contributed by atoms with Gasteiger partial charge in [0.25, 0.3) is 11.8 Å². The number of hydrogen-bond donors (Lipinski definition) is 4. The number of nitrogens with one attached hydrogen (secondary N) is 4. The lowest BCUT2D eigenvalue weighted by Crippen LogP contribution is -2.58. The summed E-state index contributed by atoms with van der Waals surface area (Å²) in [4.78, 5) is 37.6. The Kier molecular flexibility index (Phi) is 8.16. The van der Waals surface area contributed by atoms with Crippen molar-refractivity contribution in [2.45, 2.75) is 49.9 Å². The highest BCUT2D eigenvalue weighted by Gasteiger charge is 2.44. The molecular weight excluding hydrogens is 485 g/mol. The van der Waals surface area contributed by atoms with Crippen molar-refractivity contribution in [2.75, 3.05) is 19.6 Å². The molecule has 1 aliphatic heterocycles. The number of benzene rings is 2. The van der Waals surface area contributed by atoms with Crippen molar-refractivity contribution < 1.29 is 27.6 Å². The summed E-state index contributed by atoms with van der Waals surface area (Å²) in [7, 11) is 0. The van der Waals surface area contributed by atoms with Gasteiger partial charge in [-0.15, -0.1) is 0 Å². The average molecular weight is 517 g/mol. The molecule has 0 radical (unpaired) electrons. The van der Waals surface area contributed by atoms with Crippen LogP contribution in [0.2, 0.25) is 0 Å². The monoisotopic (exact) mass is 516 g/mol. The molecule has 198 valence electrons. The minimum absolute atomic E-state index is 0.0674. The predicted octanol–water partition coefficient (Wildman–Crippen LogP) is 3.27. The summed E-state index contributed by atoms with van der Waals surface area (Å²) in [6, 6.07) is 13.2. The smallest absolute Gasteiger partial charge is 0.349 e. The average Bonchev–Trinajstić information content (AvgIpc) is 3.37. The highest BCUT2D eigenvalue weighted by atomic mass is 19.4. The van der Waals surface area contributed by atoms with Crippen LogP contribution in [0.4, 0.5) is 13.2 Å². The highest BCUT2D eigenvalue weighted by Crippen LogP contribution is 2.36. The first-order valence-corrected chi connectivity index (χ1v) is 12.5. The molecule has 2 fully saturated rings. The molecule has 0 aromatic heterocycles. The maximum Gasteiger partial charge on any atom is 0.416 e. The minimum atomic E-state index is -4.56. The third-order valence-electron chi connectivity index (χ3n) is 7.32. The summed E-state index contributed by atoms with van der Waals surface area (Å²) in [6.07, 6.45) is -0.554. The lowest BCUT2D eigenvalue weighted by atomic mass is 9.72. The molecule has 0 spiro atoms. The van der Waals surface area contributed by atoms with Gasteiger partial charge in [0.15, 0.2) is 0 Å². The first-order chi connectivity index (χ1) is 17.7. The van der Waals surface area contributed by atoms with E-state index in [1.807, 2.05) is 18.2 Å². The molecule has 7 nitrogen and oxygen atoms in total. The van der Waals surface area contributed by atoms with E-state index >= 15 is 0 Å². The van der Waals surface area contributed by atoms with Gasteiger partial charge in [0, 0.05) is 23.7 Å². The first-order valence-electron chi connectivity index (χ1n) is 12.5. The number of hydrogen-bond acceptors (Lipinski definition) is 4. The van der Waals surface area contributed by atoms with E-state index in [0.29, 0.717) is 12.1 Å². The van der Waals surface area contributed by atoms with Gasteiger partial charge in [-0.2, -0.15) is 13.2 Å². The standard InChI is InChI=1S/C27H31F3N4O3/c28-27(29,30)21-8-4-7-19(15-21)24(36)32-16-23(35)34-26(13-14-31-17-26)20-9-11-22(12-10-20)33-25(37)18-5-2-1-3-6-18/h1-8,15,20,22,31H,9-14,16-17H2,(H,32,36)(H,33,37)(H,34,35)/t20?,22?,26-/m0/s1. The van der Waals surface area contributed by atoms with E-state index in [0.717, 1.165) is 56.8 Å². The molecule has 1 aliphatic carbocycles. The maximum atomic E-state index is 12.9. The molecule has 0 unspecified atom stereocenters. The van der Waals surface area contributed by atoms with E-state index in [2.05, 4.69) is 21.3 Å². The van der Waals surface area contributed by atoms with Gasteiger partial charge in [0.2, 0.25) is 5.91 Å². The van der Waals surface area contributed by atoms with E-state index < -0.39 is 23.2 Å². The van der Waals surface area contributed by atoms with Crippen molar-refractivity contribution in [1.82, 2.24) is 21.3 Å². The maximum absolute atomic E-state index is 12.9. The number of carbonyl (C=O) groups excluding carboxylic acids is 3. The number of halogens is 3. The molecule has 1 atom stereocenters. The fraction of sp³-hybridized carbons (Fsp3) is 0.444. The van der Waals surface area contributed by atoms with Crippen LogP contribution in [0.15, 0.2) is 54.6 Å². The summed E-state index contributed by atoms with van der Waals surface area (Å²) in [5, 5.41) is 11.9. The third kappa shape index (κ3) is 6.68. The van der Waals surface area contributed by atoms with Gasteiger partial charge >= 0.3 is 6.18 Å². The molecule has 1 saturated carbocycles. The predicted molar refractivity (Wildman–Crippen MR) is 132 cm³/mol. The Hall–Kier alpha value is -3.40. The molecule has 2 aromatic carbocycles. The summed E-state index contributed by atoms with van der Waals surface area (Å²) < 4.78 is 38.8. The molecule has 37 heavy (non-hydrogen) atoms. The number of amides is 3. The zero-order valence-corrected chi connectivity index (χ0v) is 20.4. The van der Waals surface area contributed by atoms with Crippen LogP contribution in [-0.2, 0) is 11.0 Å². The van der Waals surface area contributed by atoms with Crippen molar-refractivity contribution in [2.24, 2.45) is 5.92 Å². The zero-order valence-electron chi connectivity index (χ0n) is 20.4. The first kappa shape index (κ1) is 26.7. The summed E-state index contributed by atoms with van der Waals surface area (Å²) in [5.41, 5.74) is -0.917. The van der Waals surface area contributed by atoms with Crippen LogP contribution in [0.1, 0.15) is 58.4 Å². The van der Waals surface area contributed by atoms with E-state index in [4.69, 9.17) is 0 Å². The van der Waals surface area contributed by atoms with Gasteiger partial charge in [-0.25, -0.2) is 0 Å². The lowest BCUT2D eigenvalue weighted by Gasteiger charge is -2.42. The largest absolute Gasteiger partial charge is 0.416 e. The Morgan fingerprint density at radius 3 is 2.27 bits per heavy atom. The highest BCUT2D eigenvalue weighted by molar-refractivity contribution is 5.96. The van der Waals surface area contributed by atoms with E-state index in [9.17, 15) is 27.6 Å². The number of alkyl halides is 3. The van der Waals surface area contributed by atoms with Crippen LogP contribution in [0, 0.1) is 5.92 Å². The Morgan fingerprint density at radius 2 is 1.62 bits per heavy atom. The molecule has 4 N–H and O–H groups in total. The molecule has 4 rings (SSSR count). The Labute approximate surface area is 213 Å². The second-order valence-electron chi connectivity index (χ2n) is 9.78. The Balaban J connectivity index is 1.29. The van der Waals surface area contributed by atoms with Gasteiger partial charge in [-0.1, -0.05) is 24.3 Å². The van der Waals surface area contributed by atoms with Crippen molar-refractivity contribution in [3.8, 4) is 0 Å². The van der Waals surface area contributed by atoms with Gasteiger partial charge < -0.3 is 21.3 Å². The third-order valence-corrected chi connectivity index (χ3v) is 7.32. The van der Waals surface area contributed by atoms with Gasteiger partial charge in [-0.3, -0.25) is 14.4 Å². The van der Waals surface area contributed by atoms with Crippen LogP contribution >= 0.6 is 0 Å². The van der Waals surface area contributed by atoms with Crippen LogP contribution < -0.4 is 21.3 Å². The van der Waals surface area contributed by atoms with Crippen LogP contribution in [0.25, 0.3) is 0 Å². The minimum Gasteiger partial charge on any atom is -0.349 e. The Bertz CT molecular complexity index is 1110. The molecular formula is C27H31F3N4O3. The molecule has 2 aromatic rings. The van der Waals surface area contributed by atoms with Crippen LogP contribution in [0.5, 0.6) is 0 Å². The van der Waals surface area contributed by atoms with Crippen LogP contribution in [-0.4, -0.2) is 48.9 Å². The summed E-state index contributed by atoms with van der Waals surface area (Å²) in [6.45, 7) is 1.02. The summed E-state index contributed by atoms with van der Waals surface area (Å²) >= 11 is 0. The van der Waals surface area contributed by atoms with Gasteiger partial charge in [0.1, 0.15) is 0 Å². The van der Waals surface area contributed by atoms with E-state index in [-0.39, 0.29) is 35.9 Å².